The number of anilines is 1. The summed E-state index contributed by atoms with van der Waals surface area (Å²) in [5.74, 6) is 0.377. The van der Waals surface area contributed by atoms with Gasteiger partial charge in [-0.3, -0.25) is 4.79 Å². The van der Waals surface area contributed by atoms with E-state index in [-0.39, 0.29) is 11.8 Å². The van der Waals surface area contributed by atoms with Crippen LogP contribution in [0.15, 0.2) is 18.2 Å². The van der Waals surface area contributed by atoms with Crippen molar-refractivity contribution in [2.45, 2.75) is 44.6 Å². The highest BCUT2D eigenvalue weighted by Crippen LogP contribution is 2.37. The molecule has 1 aromatic carbocycles. The number of halogens is 1. The molecule has 0 bridgehead atoms. The van der Waals surface area contributed by atoms with Gasteiger partial charge in [-0.15, -0.1) is 0 Å². The molecule has 1 aliphatic carbocycles. The second kappa shape index (κ2) is 5.74. The highest BCUT2D eigenvalue weighted by atomic mass is 35.5. The molecule has 1 heterocycles. The number of hydrogen-bond donors (Lipinski definition) is 1. The molecule has 1 unspecified atom stereocenters. The van der Waals surface area contributed by atoms with Gasteiger partial charge in [-0.2, -0.15) is 0 Å². The van der Waals surface area contributed by atoms with Crippen LogP contribution in [0.25, 0.3) is 0 Å². The molecule has 1 saturated carbocycles. The summed E-state index contributed by atoms with van der Waals surface area (Å²) in [6.07, 6.45) is 5.63. The Labute approximate surface area is 124 Å². The monoisotopic (exact) mass is 293 g/mol. The van der Waals surface area contributed by atoms with E-state index >= 15 is 0 Å². The number of rotatable bonds is 1. The molecule has 3 nitrogen and oxygen atoms in total. The zero-order chi connectivity index (χ0) is 14.1. The second-order valence-corrected chi connectivity index (χ2v) is 6.27. The lowest BCUT2D eigenvalue weighted by atomic mass is 9.87. The van der Waals surface area contributed by atoms with E-state index in [2.05, 4.69) is 0 Å². The highest BCUT2D eigenvalue weighted by molar-refractivity contribution is 6.30. The SMILES string of the molecule is O=C(C1CCCCC1)N1CCC(O)c2cc(Cl)ccc21. The molecule has 3 rings (SSSR count). The average molecular weight is 294 g/mol. The Bertz CT molecular complexity index is 511. The lowest BCUT2D eigenvalue weighted by Gasteiger charge is -2.35. The van der Waals surface area contributed by atoms with E-state index in [0.717, 1.165) is 36.9 Å². The molecule has 0 aromatic heterocycles. The Hall–Kier alpha value is -1.06. The van der Waals surface area contributed by atoms with Crippen LogP contribution in [0.3, 0.4) is 0 Å². The molecule has 0 radical (unpaired) electrons. The zero-order valence-electron chi connectivity index (χ0n) is 11.5. The number of hydrogen-bond acceptors (Lipinski definition) is 2. The zero-order valence-corrected chi connectivity index (χ0v) is 12.3. The summed E-state index contributed by atoms with van der Waals surface area (Å²) in [6.45, 7) is 0.602. The third-order valence-electron chi connectivity index (χ3n) is 4.49. The summed E-state index contributed by atoms with van der Waals surface area (Å²) >= 11 is 6.00. The summed E-state index contributed by atoms with van der Waals surface area (Å²) in [4.78, 5) is 14.6. The molecule has 1 amide bonds. The van der Waals surface area contributed by atoms with Gasteiger partial charge in [0.15, 0.2) is 0 Å². The summed E-state index contributed by atoms with van der Waals surface area (Å²) in [6, 6.07) is 5.43. The smallest absolute Gasteiger partial charge is 0.230 e. The van der Waals surface area contributed by atoms with Crippen LogP contribution in [-0.4, -0.2) is 17.6 Å². The lowest BCUT2D eigenvalue weighted by molar-refractivity contribution is -0.123. The van der Waals surface area contributed by atoms with Crippen molar-refractivity contribution in [2.75, 3.05) is 11.4 Å². The molecule has 2 aliphatic rings. The van der Waals surface area contributed by atoms with Crippen molar-refractivity contribution in [3.8, 4) is 0 Å². The van der Waals surface area contributed by atoms with Crippen molar-refractivity contribution in [3.05, 3.63) is 28.8 Å². The first-order valence-corrected chi connectivity index (χ1v) is 7.83. The average Bonchev–Trinajstić information content (AvgIpc) is 2.48. The fourth-order valence-corrected chi connectivity index (χ4v) is 3.54. The highest BCUT2D eigenvalue weighted by Gasteiger charge is 2.32. The van der Waals surface area contributed by atoms with Gasteiger partial charge in [0.2, 0.25) is 5.91 Å². The quantitative estimate of drug-likeness (QED) is 0.858. The van der Waals surface area contributed by atoms with Crippen LogP contribution in [0.5, 0.6) is 0 Å². The summed E-state index contributed by atoms with van der Waals surface area (Å²) < 4.78 is 0. The third kappa shape index (κ3) is 2.57. The Morgan fingerprint density at radius 2 is 1.95 bits per heavy atom. The predicted octanol–water partition coefficient (Wildman–Crippen LogP) is 3.69. The van der Waals surface area contributed by atoms with Crippen LogP contribution in [0.4, 0.5) is 5.69 Å². The number of fused-ring (bicyclic) bond motifs is 1. The first-order chi connectivity index (χ1) is 9.66. The number of benzene rings is 1. The molecule has 0 saturated heterocycles. The van der Waals surface area contributed by atoms with Crippen molar-refractivity contribution >= 4 is 23.2 Å². The van der Waals surface area contributed by atoms with Gasteiger partial charge in [0, 0.05) is 28.7 Å². The summed E-state index contributed by atoms with van der Waals surface area (Å²) in [5, 5.41) is 10.7. The van der Waals surface area contributed by atoms with Crippen LogP contribution < -0.4 is 4.90 Å². The normalized spacial score (nSPS) is 23.5. The van der Waals surface area contributed by atoms with Crippen LogP contribution in [0, 0.1) is 5.92 Å². The van der Waals surface area contributed by atoms with E-state index in [1.54, 1.807) is 12.1 Å². The minimum Gasteiger partial charge on any atom is -0.388 e. The Morgan fingerprint density at radius 3 is 2.70 bits per heavy atom. The van der Waals surface area contributed by atoms with Gasteiger partial charge in [-0.1, -0.05) is 30.9 Å². The second-order valence-electron chi connectivity index (χ2n) is 5.83. The third-order valence-corrected chi connectivity index (χ3v) is 4.72. The van der Waals surface area contributed by atoms with Gasteiger partial charge in [0.1, 0.15) is 0 Å². The van der Waals surface area contributed by atoms with Gasteiger partial charge >= 0.3 is 0 Å². The van der Waals surface area contributed by atoms with Crippen LogP contribution >= 0.6 is 11.6 Å². The molecular weight excluding hydrogens is 274 g/mol. The molecule has 108 valence electrons. The van der Waals surface area contributed by atoms with Gasteiger partial charge in [0.25, 0.3) is 0 Å². The van der Waals surface area contributed by atoms with Gasteiger partial charge < -0.3 is 10.0 Å². The number of nitrogens with zero attached hydrogens (tertiary/aromatic N) is 1. The van der Waals surface area contributed by atoms with Crippen molar-refractivity contribution in [2.24, 2.45) is 5.92 Å². The molecule has 4 heteroatoms. The largest absolute Gasteiger partial charge is 0.388 e. The van der Waals surface area contributed by atoms with Crippen molar-refractivity contribution in [1.82, 2.24) is 0 Å². The van der Waals surface area contributed by atoms with E-state index in [1.807, 2.05) is 11.0 Å². The van der Waals surface area contributed by atoms with Crippen LogP contribution in [0.2, 0.25) is 5.02 Å². The van der Waals surface area contributed by atoms with E-state index in [9.17, 15) is 9.90 Å². The van der Waals surface area contributed by atoms with E-state index in [1.165, 1.54) is 6.42 Å². The van der Waals surface area contributed by atoms with E-state index < -0.39 is 6.10 Å². The first kappa shape index (κ1) is 13.9. The minimum atomic E-state index is -0.515. The maximum atomic E-state index is 12.7. The van der Waals surface area contributed by atoms with Gasteiger partial charge in [-0.25, -0.2) is 0 Å². The van der Waals surface area contributed by atoms with E-state index in [0.29, 0.717) is 18.0 Å². The van der Waals surface area contributed by atoms with Gasteiger partial charge in [0.05, 0.1) is 6.10 Å². The maximum Gasteiger partial charge on any atom is 0.230 e. The standard InChI is InChI=1S/C16H20ClNO2/c17-12-6-7-14-13(10-12)15(19)8-9-18(14)16(20)11-4-2-1-3-5-11/h6-7,10-11,15,19H,1-5,8-9H2. The Balaban J connectivity index is 1.88. The molecular formula is C16H20ClNO2. The predicted molar refractivity (Wildman–Crippen MR) is 80.0 cm³/mol. The number of carbonyl (C=O) groups excluding carboxylic acids is 1. The number of amides is 1. The number of aliphatic hydroxyl groups excluding tert-OH is 1. The maximum absolute atomic E-state index is 12.7. The van der Waals surface area contributed by atoms with E-state index in [4.69, 9.17) is 11.6 Å². The number of aliphatic hydroxyl groups is 1. The lowest BCUT2D eigenvalue weighted by Crippen LogP contribution is -2.41. The van der Waals surface area contributed by atoms with Crippen molar-refractivity contribution in [3.63, 3.8) is 0 Å². The Morgan fingerprint density at radius 1 is 1.20 bits per heavy atom. The fraction of sp³-hybridized carbons (Fsp3) is 0.562. The van der Waals surface area contributed by atoms with Crippen LogP contribution in [-0.2, 0) is 4.79 Å². The first-order valence-electron chi connectivity index (χ1n) is 7.45. The topological polar surface area (TPSA) is 40.5 Å². The minimum absolute atomic E-state index is 0.155. The fourth-order valence-electron chi connectivity index (χ4n) is 3.36. The molecule has 20 heavy (non-hydrogen) atoms. The van der Waals surface area contributed by atoms with Crippen LogP contribution in [0.1, 0.15) is 50.2 Å². The molecule has 1 fully saturated rings. The Kier molecular flexibility index (Phi) is 3.99. The molecule has 1 aliphatic heterocycles. The van der Waals surface area contributed by atoms with Crippen molar-refractivity contribution in [1.29, 1.82) is 0 Å². The number of carbonyl (C=O) groups is 1. The molecule has 1 aromatic rings. The van der Waals surface area contributed by atoms with Gasteiger partial charge in [-0.05, 0) is 37.5 Å². The molecule has 1 N–H and O–H groups in total. The summed E-state index contributed by atoms with van der Waals surface area (Å²) in [7, 11) is 0. The molecule has 0 spiro atoms. The summed E-state index contributed by atoms with van der Waals surface area (Å²) in [5.41, 5.74) is 1.62. The van der Waals surface area contributed by atoms with Crippen molar-refractivity contribution < 1.29 is 9.90 Å². The molecule has 1 atom stereocenters.